The Balaban J connectivity index is 1.80. The van der Waals surface area contributed by atoms with Gasteiger partial charge in [0.1, 0.15) is 5.82 Å². The highest BCUT2D eigenvalue weighted by Gasteiger charge is 2.31. The van der Waals surface area contributed by atoms with Crippen LogP contribution in [0.5, 0.6) is 0 Å². The lowest BCUT2D eigenvalue weighted by Gasteiger charge is -2.05. The van der Waals surface area contributed by atoms with Gasteiger partial charge in [-0.3, -0.25) is 0 Å². The first kappa shape index (κ1) is 11.1. The predicted octanol–water partition coefficient (Wildman–Crippen LogP) is 3.33. The SMILES string of the molecule is CC1CC1CNCc1ccc(F)c(Br)c1. The molecule has 0 bridgehead atoms. The van der Waals surface area contributed by atoms with E-state index in [2.05, 4.69) is 28.2 Å². The van der Waals surface area contributed by atoms with Crippen molar-refractivity contribution >= 4 is 15.9 Å². The van der Waals surface area contributed by atoms with E-state index in [1.165, 1.54) is 12.5 Å². The minimum atomic E-state index is -0.199. The summed E-state index contributed by atoms with van der Waals surface area (Å²) in [6.45, 7) is 4.18. The van der Waals surface area contributed by atoms with Gasteiger partial charge in [-0.25, -0.2) is 4.39 Å². The molecule has 0 heterocycles. The number of nitrogens with one attached hydrogen (secondary N) is 1. The normalized spacial score (nSPS) is 24.2. The van der Waals surface area contributed by atoms with Crippen molar-refractivity contribution in [2.75, 3.05) is 6.54 Å². The fourth-order valence-corrected chi connectivity index (χ4v) is 2.16. The average Bonchev–Trinajstić information content (AvgIpc) is 2.88. The lowest BCUT2D eigenvalue weighted by Crippen LogP contribution is -2.16. The summed E-state index contributed by atoms with van der Waals surface area (Å²) in [7, 11) is 0. The van der Waals surface area contributed by atoms with E-state index in [0.29, 0.717) is 4.47 Å². The number of halogens is 2. The van der Waals surface area contributed by atoms with Crippen LogP contribution in [-0.4, -0.2) is 6.54 Å². The van der Waals surface area contributed by atoms with Crippen LogP contribution in [0.3, 0.4) is 0 Å². The third-order valence-electron chi connectivity index (χ3n) is 3.00. The van der Waals surface area contributed by atoms with Crippen LogP contribution in [0.15, 0.2) is 22.7 Å². The Morgan fingerprint density at radius 2 is 2.27 bits per heavy atom. The number of rotatable bonds is 4. The van der Waals surface area contributed by atoms with E-state index in [-0.39, 0.29) is 5.82 Å². The molecule has 1 aromatic rings. The number of hydrogen-bond acceptors (Lipinski definition) is 1. The van der Waals surface area contributed by atoms with Gasteiger partial charge in [0, 0.05) is 6.54 Å². The summed E-state index contributed by atoms with van der Waals surface area (Å²) >= 11 is 3.19. The molecule has 0 aliphatic heterocycles. The smallest absolute Gasteiger partial charge is 0.137 e. The maximum atomic E-state index is 12.9. The van der Waals surface area contributed by atoms with E-state index >= 15 is 0 Å². The molecule has 2 atom stereocenters. The summed E-state index contributed by atoms with van der Waals surface area (Å²) < 4.78 is 13.5. The van der Waals surface area contributed by atoms with E-state index in [1.54, 1.807) is 0 Å². The zero-order chi connectivity index (χ0) is 10.8. The molecule has 0 saturated heterocycles. The molecule has 1 aromatic carbocycles. The fraction of sp³-hybridized carbons (Fsp3) is 0.500. The van der Waals surface area contributed by atoms with Crippen molar-refractivity contribution in [1.82, 2.24) is 5.32 Å². The second-order valence-electron chi connectivity index (χ2n) is 4.35. The Hall–Kier alpha value is -0.410. The van der Waals surface area contributed by atoms with Crippen LogP contribution < -0.4 is 5.32 Å². The predicted molar refractivity (Wildman–Crippen MR) is 63.1 cm³/mol. The van der Waals surface area contributed by atoms with Crippen LogP contribution in [0.4, 0.5) is 4.39 Å². The molecule has 2 unspecified atom stereocenters. The summed E-state index contributed by atoms with van der Waals surface area (Å²) in [5, 5.41) is 3.40. The van der Waals surface area contributed by atoms with Crippen LogP contribution in [0.2, 0.25) is 0 Å². The first-order valence-corrected chi connectivity index (χ1v) is 6.11. The lowest BCUT2D eigenvalue weighted by molar-refractivity contribution is 0.604. The molecule has 1 nitrogen and oxygen atoms in total. The highest BCUT2D eigenvalue weighted by molar-refractivity contribution is 9.10. The number of benzene rings is 1. The van der Waals surface area contributed by atoms with Gasteiger partial charge < -0.3 is 5.32 Å². The molecule has 1 fully saturated rings. The Morgan fingerprint density at radius 1 is 1.53 bits per heavy atom. The highest BCUT2D eigenvalue weighted by atomic mass is 79.9. The zero-order valence-electron chi connectivity index (χ0n) is 8.76. The van der Waals surface area contributed by atoms with Gasteiger partial charge in [0.15, 0.2) is 0 Å². The van der Waals surface area contributed by atoms with E-state index in [4.69, 9.17) is 0 Å². The molecule has 1 saturated carbocycles. The van der Waals surface area contributed by atoms with Crippen LogP contribution in [-0.2, 0) is 6.54 Å². The maximum absolute atomic E-state index is 12.9. The van der Waals surface area contributed by atoms with Crippen LogP contribution >= 0.6 is 15.9 Å². The number of hydrogen-bond donors (Lipinski definition) is 1. The van der Waals surface area contributed by atoms with E-state index < -0.39 is 0 Å². The first-order chi connectivity index (χ1) is 7.16. The van der Waals surface area contributed by atoms with Crippen LogP contribution in [0.25, 0.3) is 0 Å². The van der Waals surface area contributed by atoms with Crippen LogP contribution in [0, 0.1) is 17.7 Å². The molecule has 15 heavy (non-hydrogen) atoms. The Kier molecular flexibility index (Phi) is 3.42. The van der Waals surface area contributed by atoms with Gasteiger partial charge in [-0.05, 0) is 58.4 Å². The minimum Gasteiger partial charge on any atom is -0.312 e. The molecule has 2 rings (SSSR count). The van der Waals surface area contributed by atoms with Crippen molar-refractivity contribution in [2.45, 2.75) is 19.9 Å². The van der Waals surface area contributed by atoms with Crippen molar-refractivity contribution < 1.29 is 4.39 Å². The van der Waals surface area contributed by atoms with E-state index in [1.807, 2.05) is 12.1 Å². The van der Waals surface area contributed by atoms with Gasteiger partial charge in [0.25, 0.3) is 0 Å². The van der Waals surface area contributed by atoms with Crippen LogP contribution in [0.1, 0.15) is 18.9 Å². The van der Waals surface area contributed by atoms with Crippen molar-refractivity contribution in [2.24, 2.45) is 11.8 Å². The third kappa shape index (κ3) is 3.02. The zero-order valence-corrected chi connectivity index (χ0v) is 10.3. The Morgan fingerprint density at radius 3 is 2.87 bits per heavy atom. The molecule has 3 heteroatoms. The first-order valence-electron chi connectivity index (χ1n) is 5.31. The Labute approximate surface area is 98.2 Å². The average molecular weight is 272 g/mol. The molecular weight excluding hydrogens is 257 g/mol. The maximum Gasteiger partial charge on any atom is 0.137 e. The van der Waals surface area contributed by atoms with Crippen molar-refractivity contribution in [1.29, 1.82) is 0 Å². The summed E-state index contributed by atoms with van der Waals surface area (Å²) in [6.07, 6.45) is 1.35. The van der Waals surface area contributed by atoms with Crippen molar-refractivity contribution in [3.05, 3.63) is 34.1 Å². The van der Waals surface area contributed by atoms with Gasteiger partial charge in [-0.15, -0.1) is 0 Å². The molecule has 1 aliphatic rings. The summed E-state index contributed by atoms with van der Waals surface area (Å²) in [6, 6.07) is 5.16. The van der Waals surface area contributed by atoms with Gasteiger partial charge in [-0.2, -0.15) is 0 Å². The second-order valence-corrected chi connectivity index (χ2v) is 5.21. The molecule has 1 N–H and O–H groups in total. The topological polar surface area (TPSA) is 12.0 Å². The van der Waals surface area contributed by atoms with E-state index in [0.717, 1.165) is 30.5 Å². The van der Waals surface area contributed by atoms with Gasteiger partial charge in [0.05, 0.1) is 4.47 Å². The lowest BCUT2D eigenvalue weighted by atomic mass is 10.2. The standard InChI is InChI=1S/C12H15BrFN/c1-8-4-10(8)7-15-6-9-2-3-12(14)11(13)5-9/h2-3,5,8,10,15H,4,6-7H2,1H3. The third-order valence-corrected chi connectivity index (χ3v) is 3.60. The monoisotopic (exact) mass is 271 g/mol. The van der Waals surface area contributed by atoms with Gasteiger partial charge >= 0.3 is 0 Å². The molecule has 82 valence electrons. The largest absolute Gasteiger partial charge is 0.312 e. The van der Waals surface area contributed by atoms with Gasteiger partial charge in [-0.1, -0.05) is 13.0 Å². The van der Waals surface area contributed by atoms with E-state index in [9.17, 15) is 4.39 Å². The second kappa shape index (κ2) is 4.62. The minimum absolute atomic E-state index is 0.199. The quantitative estimate of drug-likeness (QED) is 0.886. The molecule has 1 aliphatic carbocycles. The molecule has 0 radical (unpaired) electrons. The summed E-state index contributed by atoms with van der Waals surface area (Å²) in [5.41, 5.74) is 1.12. The summed E-state index contributed by atoms with van der Waals surface area (Å²) in [4.78, 5) is 0. The van der Waals surface area contributed by atoms with Crippen molar-refractivity contribution in [3.8, 4) is 0 Å². The van der Waals surface area contributed by atoms with Crippen molar-refractivity contribution in [3.63, 3.8) is 0 Å². The summed E-state index contributed by atoms with van der Waals surface area (Å²) in [5.74, 6) is 1.54. The van der Waals surface area contributed by atoms with Gasteiger partial charge in [0.2, 0.25) is 0 Å². The molecule has 0 spiro atoms. The molecule has 0 aromatic heterocycles. The molecule has 0 amide bonds. The highest BCUT2D eigenvalue weighted by Crippen LogP contribution is 2.36. The fourth-order valence-electron chi connectivity index (χ4n) is 1.73. The molecular formula is C12H15BrFN. The Bertz CT molecular complexity index is 353.